The van der Waals surface area contributed by atoms with Gasteiger partial charge in [-0.15, -0.1) is 11.3 Å². The summed E-state index contributed by atoms with van der Waals surface area (Å²) in [7, 11) is 0. The topological polar surface area (TPSA) is 63.1 Å². The molecule has 0 aromatic carbocycles. The molecule has 2 fully saturated rings. The average Bonchev–Trinajstić information content (AvgIpc) is 3.35. The Labute approximate surface area is 158 Å². The van der Waals surface area contributed by atoms with Crippen LogP contribution < -0.4 is 5.32 Å². The first-order valence-electron chi connectivity index (χ1n) is 9.73. The smallest absolute Gasteiger partial charge is 0.317 e. The van der Waals surface area contributed by atoms with Crippen LogP contribution in [0.3, 0.4) is 0 Å². The number of nitrogens with zero attached hydrogens (tertiary/aromatic N) is 4. The van der Waals surface area contributed by atoms with Gasteiger partial charge in [-0.05, 0) is 25.7 Å². The zero-order valence-corrected chi connectivity index (χ0v) is 16.0. The number of thiazole rings is 1. The first-order valence-corrected chi connectivity index (χ1v) is 10.7. The molecule has 26 heavy (non-hydrogen) atoms. The van der Waals surface area contributed by atoms with Gasteiger partial charge < -0.3 is 14.8 Å². The second kappa shape index (κ2) is 8.20. The summed E-state index contributed by atoms with van der Waals surface area (Å²) in [5, 5.41) is 5.33. The highest BCUT2D eigenvalue weighted by molar-refractivity contribution is 7.07. The van der Waals surface area contributed by atoms with Crippen molar-refractivity contribution in [3.8, 4) is 0 Å². The summed E-state index contributed by atoms with van der Waals surface area (Å²) in [6.45, 7) is 2.36. The van der Waals surface area contributed by atoms with E-state index >= 15 is 0 Å². The van der Waals surface area contributed by atoms with E-state index in [1.165, 1.54) is 19.3 Å². The van der Waals surface area contributed by atoms with Crippen LogP contribution in [0.1, 0.15) is 62.4 Å². The molecule has 2 aromatic heterocycles. The number of carbonyl (C=O) groups excluding carboxylic acids is 1. The normalized spacial score (nSPS) is 21.7. The first-order chi connectivity index (χ1) is 12.8. The molecule has 0 bridgehead atoms. The van der Waals surface area contributed by atoms with Gasteiger partial charge in [0.15, 0.2) is 0 Å². The van der Waals surface area contributed by atoms with Gasteiger partial charge in [-0.1, -0.05) is 19.3 Å². The van der Waals surface area contributed by atoms with Crippen molar-refractivity contribution in [3.63, 3.8) is 0 Å². The van der Waals surface area contributed by atoms with E-state index in [-0.39, 0.29) is 6.03 Å². The number of rotatable bonds is 4. The van der Waals surface area contributed by atoms with Crippen LogP contribution in [-0.2, 0) is 6.54 Å². The lowest BCUT2D eigenvalue weighted by atomic mass is 9.95. The van der Waals surface area contributed by atoms with Crippen molar-refractivity contribution in [1.29, 1.82) is 0 Å². The molecule has 0 radical (unpaired) electrons. The zero-order valence-electron chi connectivity index (χ0n) is 15.1. The molecular formula is C19H27N5OS. The molecule has 1 atom stereocenters. The highest BCUT2D eigenvalue weighted by Crippen LogP contribution is 2.27. The molecule has 140 valence electrons. The summed E-state index contributed by atoms with van der Waals surface area (Å²) in [6.07, 6.45) is 12.0. The van der Waals surface area contributed by atoms with Crippen LogP contribution in [0.25, 0.3) is 0 Å². The highest BCUT2D eigenvalue weighted by atomic mass is 32.1. The number of amides is 2. The Morgan fingerprint density at radius 1 is 1.19 bits per heavy atom. The Morgan fingerprint density at radius 3 is 2.88 bits per heavy atom. The quantitative estimate of drug-likeness (QED) is 0.890. The molecule has 4 rings (SSSR count). The molecule has 0 spiro atoms. The molecule has 1 N–H and O–H groups in total. The monoisotopic (exact) mass is 373 g/mol. The Hall–Kier alpha value is -1.89. The molecule has 7 heteroatoms. The molecule has 6 nitrogen and oxygen atoms in total. The van der Waals surface area contributed by atoms with Crippen molar-refractivity contribution in [3.05, 3.63) is 34.8 Å². The number of piperidine rings is 1. The predicted molar refractivity (Wildman–Crippen MR) is 102 cm³/mol. The van der Waals surface area contributed by atoms with Gasteiger partial charge in [0.1, 0.15) is 5.82 Å². The zero-order chi connectivity index (χ0) is 17.8. The van der Waals surface area contributed by atoms with Gasteiger partial charge in [-0.3, -0.25) is 0 Å². The van der Waals surface area contributed by atoms with E-state index < -0.39 is 0 Å². The van der Waals surface area contributed by atoms with Crippen LogP contribution in [0.4, 0.5) is 4.79 Å². The summed E-state index contributed by atoms with van der Waals surface area (Å²) < 4.78 is 2.18. The van der Waals surface area contributed by atoms with E-state index in [0.717, 1.165) is 56.8 Å². The number of imidazole rings is 1. The minimum Gasteiger partial charge on any atom is -0.335 e. The van der Waals surface area contributed by atoms with Crippen LogP contribution in [0.5, 0.6) is 0 Å². The predicted octanol–water partition coefficient (Wildman–Crippen LogP) is 3.61. The number of hydrogen-bond acceptors (Lipinski definition) is 4. The number of nitrogens with one attached hydrogen (secondary N) is 1. The van der Waals surface area contributed by atoms with Gasteiger partial charge >= 0.3 is 6.03 Å². The molecule has 2 aliphatic rings. The largest absolute Gasteiger partial charge is 0.335 e. The third kappa shape index (κ3) is 4.09. The van der Waals surface area contributed by atoms with E-state index in [1.54, 1.807) is 11.3 Å². The minimum absolute atomic E-state index is 0.110. The number of likely N-dealkylation sites (tertiary alicyclic amines) is 1. The number of carbonyl (C=O) groups is 1. The van der Waals surface area contributed by atoms with E-state index in [9.17, 15) is 4.79 Å². The Balaban J connectivity index is 1.39. The van der Waals surface area contributed by atoms with E-state index in [0.29, 0.717) is 12.0 Å². The molecule has 1 aliphatic carbocycles. The lowest BCUT2D eigenvalue weighted by Crippen LogP contribution is -2.48. The van der Waals surface area contributed by atoms with Crippen LogP contribution in [-0.4, -0.2) is 44.6 Å². The fourth-order valence-electron chi connectivity index (χ4n) is 4.19. The fraction of sp³-hybridized carbons (Fsp3) is 0.632. The van der Waals surface area contributed by atoms with Gasteiger partial charge in [0.25, 0.3) is 0 Å². The van der Waals surface area contributed by atoms with Gasteiger partial charge in [0.05, 0.1) is 17.7 Å². The maximum Gasteiger partial charge on any atom is 0.317 e. The standard InChI is InChI=1S/C19H27N5OS/c25-19(22-16-6-2-1-3-7-16)24-9-4-5-15(11-24)18-20-8-10-23(18)12-17-13-26-14-21-17/h8,10,13-16H,1-7,9,11-12H2,(H,22,25)/t15-/m1/s1. The first kappa shape index (κ1) is 17.5. The molecule has 1 saturated carbocycles. The van der Waals surface area contributed by atoms with Crippen molar-refractivity contribution >= 4 is 17.4 Å². The molecule has 1 aliphatic heterocycles. The number of aromatic nitrogens is 3. The molecular weight excluding hydrogens is 346 g/mol. The molecule has 2 amide bonds. The Morgan fingerprint density at radius 2 is 2.08 bits per heavy atom. The van der Waals surface area contributed by atoms with Gasteiger partial charge in [-0.25, -0.2) is 14.8 Å². The van der Waals surface area contributed by atoms with Crippen molar-refractivity contribution in [1.82, 2.24) is 24.8 Å². The third-order valence-electron chi connectivity index (χ3n) is 5.57. The van der Waals surface area contributed by atoms with Gasteiger partial charge in [0.2, 0.25) is 0 Å². The van der Waals surface area contributed by atoms with Crippen LogP contribution in [0.15, 0.2) is 23.3 Å². The van der Waals surface area contributed by atoms with Gasteiger partial charge in [0, 0.05) is 42.8 Å². The Kier molecular flexibility index (Phi) is 5.53. The molecule has 3 heterocycles. The molecule has 2 aromatic rings. The Bertz CT molecular complexity index is 707. The second-order valence-electron chi connectivity index (χ2n) is 7.46. The van der Waals surface area contributed by atoms with Crippen molar-refractivity contribution in [2.45, 2.75) is 63.5 Å². The van der Waals surface area contributed by atoms with E-state index in [1.807, 2.05) is 22.8 Å². The minimum atomic E-state index is 0.110. The van der Waals surface area contributed by atoms with Crippen molar-refractivity contribution in [2.75, 3.05) is 13.1 Å². The fourth-order valence-corrected chi connectivity index (χ4v) is 4.74. The van der Waals surface area contributed by atoms with Crippen molar-refractivity contribution in [2.24, 2.45) is 0 Å². The lowest BCUT2D eigenvalue weighted by Gasteiger charge is -2.34. The SMILES string of the molecule is O=C(NC1CCCCC1)N1CCC[C@@H](c2nccn2Cc2cscn2)C1. The van der Waals surface area contributed by atoms with Crippen LogP contribution >= 0.6 is 11.3 Å². The summed E-state index contributed by atoms with van der Waals surface area (Å²) >= 11 is 1.62. The summed E-state index contributed by atoms with van der Waals surface area (Å²) in [6, 6.07) is 0.475. The van der Waals surface area contributed by atoms with Crippen LogP contribution in [0, 0.1) is 0 Å². The van der Waals surface area contributed by atoms with E-state index in [2.05, 4.69) is 25.2 Å². The maximum atomic E-state index is 12.7. The highest BCUT2D eigenvalue weighted by Gasteiger charge is 2.28. The summed E-state index contributed by atoms with van der Waals surface area (Å²) in [5.41, 5.74) is 2.93. The van der Waals surface area contributed by atoms with Crippen molar-refractivity contribution < 1.29 is 4.79 Å². The average molecular weight is 374 g/mol. The van der Waals surface area contributed by atoms with Crippen LogP contribution in [0.2, 0.25) is 0 Å². The maximum absolute atomic E-state index is 12.7. The lowest BCUT2D eigenvalue weighted by molar-refractivity contribution is 0.171. The number of hydrogen-bond donors (Lipinski definition) is 1. The second-order valence-corrected chi connectivity index (χ2v) is 8.18. The van der Waals surface area contributed by atoms with Gasteiger partial charge in [-0.2, -0.15) is 0 Å². The third-order valence-corrected chi connectivity index (χ3v) is 6.21. The summed E-state index contributed by atoms with van der Waals surface area (Å²) in [4.78, 5) is 23.7. The number of urea groups is 1. The molecule has 1 saturated heterocycles. The summed E-state index contributed by atoms with van der Waals surface area (Å²) in [5.74, 6) is 1.38. The molecule has 0 unspecified atom stereocenters. The van der Waals surface area contributed by atoms with E-state index in [4.69, 9.17) is 0 Å².